The molecule has 1 aromatic rings. The van der Waals surface area contributed by atoms with Crippen LogP contribution < -0.4 is 10.6 Å². The predicted octanol–water partition coefficient (Wildman–Crippen LogP) is 2.07. The topological polar surface area (TPSA) is 60.0 Å². The first-order valence-corrected chi connectivity index (χ1v) is 10.3. The van der Waals surface area contributed by atoms with Gasteiger partial charge in [-0.3, -0.25) is 14.7 Å². The second-order valence-corrected chi connectivity index (χ2v) is 8.38. The van der Waals surface area contributed by atoms with Gasteiger partial charge in [0.25, 0.3) is 0 Å². The summed E-state index contributed by atoms with van der Waals surface area (Å²) in [6, 6.07) is 10.6. The number of rotatable bonds is 8. The molecular weight excluding hydrogens is 350 g/mol. The molecule has 156 valence electrons. The van der Waals surface area contributed by atoms with Gasteiger partial charge in [-0.1, -0.05) is 44.2 Å². The number of hydrogen-bond acceptors (Lipinski definition) is 3. The van der Waals surface area contributed by atoms with Crippen LogP contribution in [0.5, 0.6) is 0 Å². The Morgan fingerprint density at radius 3 is 2.61 bits per heavy atom. The van der Waals surface area contributed by atoms with Crippen LogP contribution in [0.4, 0.5) is 0 Å². The summed E-state index contributed by atoms with van der Waals surface area (Å²) >= 11 is 0. The lowest BCUT2D eigenvalue weighted by molar-refractivity contribution is -0.133. The fourth-order valence-electron chi connectivity index (χ4n) is 3.68. The third kappa shape index (κ3) is 6.23. The van der Waals surface area contributed by atoms with Gasteiger partial charge in [0.15, 0.2) is 5.96 Å². The minimum Gasteiger partial charge on any atom is -0.356 e. The molecule has 6 nitrogen and oxygen atoms in total. The molecule has 1 aliphatic heterocycles. The third-order valence-corrected chi connectivity index (χ3v) is 5.48. The average molecular weight is 388 g/mol. The third-order valence-electron chi connectivity index (χ3n) is 5.48. The molecule has 2 N–H and O–H groups in total. The molecule has 1 saturated heterocycles. The van der Waals surface area contributed by atoms with Gasteiger partial charge in [0.2, 0.25) is 5.91 Å². The molecule has 0 radical (unpaired) electrons. The van der Waals surface area contributed by atoms with E-state index in [-0.39, 0.29) is 17.4 Å². The maximum atomic E-state index is 12.3. The zero-order valence-corrected chi connectivity index (χ0v) is 18.2. The Labute approximate surface area is 170 Å². The second-order valence-electron chi connectivity index (χ2n) is 8.38. The van der Waals surface area contributed by atoms with Crippen LogP contribution in [0.1, 0.15) is 38.7 Å². The zero-order chi connectivity index (χ0) is 20.6. The summed E-state index contributed by atoms with van der Waals surface area (Å²) in [6.07, 6.45) is 3.07. The SMILES string of the molecule is CN=C(NCCCN1CCCC1C(=O)N(C)C)NCC(C)(C)c1ccccc1. The number of nitrogens with one attached hydrogen (secondary N) is 2. The van der Waals surface area contributed by atoms with Gasteiger partial charge in [0.1, 0.15) is 0 Å². The summed E-state index contributed by atoms with van der Waals surface area (Å²) in [7, 11) is 5.48. The van der Waals surface area contributed by atoms with Gasteiger partial charge < -0.3 is 15.5 Å². The van der Waals surface area contributed by atoms with E-state index in [1.807, 2.05) is 20.2 Å². The molecule has 1 heterocycles. The quantitative estimate of drug-likeness (QED) is 0.407. The Balaban J connectivity index is 1.73. The molecular formula is C22H37N5O. The fourth-order valence-corrected chi connectivity index (χ4v) is 3.68. The van der Waals surface area contributed by atoms with Crippen molar-refractivity contribution in [2.45, 2.75) is 44.6 Å². The summed E-state index contributed by atoms with van der Waals surface area (Å²) in [4.78, 5) is 20.6. The summed E-state index contributed by atoms with van der Waals surface area (Å²) in [5.74, 6) is 1.05. The molecule has 6 heteroatoms. The Morgan fingerprint density at radius 2 is 1.96 bits per heavy atom. The molecule has 0 aromatic heterocycles. The number of likely N-dealkylation sites (N-methyl/N-ethyl adjacent to an activating group) is 1. The van der Waals surface area contributed by atoms with Gasteiger partial charge in [0.05, 0.1) is 6.04 Å². The summed E-state index contributed by atoms with van der Waals surface area (Å²) < 4.78 is 0. The molecule has 1 unspecified atom stereocenters. The smallest absolute Gasteiger partial charge is 0.239 e. The summed E-state index contributed by atoms with van der Waals surface area (Å²) in [6.45, 7) is 8.06. The monoisotopic (exact) mass is 387 g/mol. The van der Waals surface area contributed by atoms with E-state index in [9.17, 15) is 4.79 Å². The van der Waals surface area contributed by atoms with E-state index in [2.05, 4.69) is 58.6 Å². The maximum Gasteiger partial charge on any atom is 0.239 e. The lowest BCUT2D eigenvalue weighted by Crippen LogP contribution is -2.45. The van der Waals surface area contributed by atoms with Crippen LogP contribution in [0, 0.1) is 0 Å². The molecule has 0 bridgehead atoms. The Bertz CT molecular complexity index is 642. The highest BCUT2D eigenvalue weighted by Crippen LogP contribution is 2.21. The first-order chi connectivity index (χ1) is 13.3. The first kappa shape index (κ1) is 22.2. The highest BCUT2D eigenvalue weighted by Gasteiger charge is 2.31. The summed E-state index contributed by atoms with van der Waals surface area (Å²) in [5.41, 5.74) is 1.33. The van der Waals surface area contributed by atoms with Crippen molar-refractivity contribution in [1.29, 1.82) is 0 Å². The van der Waals surface area contributed by atoms with Crippen molar-refractivity contribution < 1.29 is 4.79 Å². The highest BCUT2D eigenvalue weighted by atomic mass is 16.2. The lowest BCUT2D eigenvalue weighted by atomic mass is 9.85. The van der Waals surface area contributed by atoms with E-state index in [4.69, 9.17) is 0 Å². The van der Waals surface area contributed by atoms with Crippen LogP contribution in [0.25, 0.3) is 0 Å². The average Bonchev–Trinajstić information content (AvgIpc) is 3.15. The number of carbonyl (C=O) groups excluding carboxylic acids is 1. The lowest BCUT2D eigenvalue weighted by Gasteiger charge is -2.27. The van der Waals surface area contributed by atoms with Gasteiger partial charge in [-0.2, -0.15) is 0 Å². The van der Waals surface area contributed by atoms with Crippen molar-refractivity contribution in [1.82, 2.24) is 20.4 Å². The van der Waals surface area contributed by atoms with Crippen LogP contribution in [0.2, 0.25) is 0 Å². The molecule has 1 aliphatic rings. The number of amides is 1. The second kappa shape index (κ2) is 10.5. The predicted molar refractivity (Wildman–Crippen MR) is 117 cm³/mol. The minimum atomic E-state index is 0.0220. The number of benzene rings is 1. The van der Waals surface area contributed by atoms with Crippen LogP contribution in [-0.4, -0.2) is 75.0 Å². The van der Waals surface area contributed by atoms with Crippen LogP contribution in [0.15, 0.2) is 35.3 Å². The fraction of sp³-hybridized carbons (Fsp3) is 0.636. The number of carbonyl (C=O) groups is 1. The van der Waals surface area contributed by atoms with Crippen molar-refractivity contribution in [3.63, 3.8) is 0 Å². The molecule has 1 amide bonds. The van der Waals surface area contributed by atoms with Gasteiger partial charge in [-0.05, 0) is 31.4 Å². The molecule has 0 saturated carbocycles. The molecule has 2 rings (SSSR count). The molecule has 1 aromatic carbocycles. The molecule has 0 spiro atoms. The van der Waals surface area contributed by atoms with E-state index in [1.54, 1.807) is 11.9 Å². The van der Waals surface area contributed by atoms with Crippen molar-refractivity contribution in [3.05, 3.63) is 35.9 Å². The maximum absolute atomic E-state index is 12.3. The number of aliphatic imine (C=N–C) groups is 1. The number of nitrogens with zero attached hydrogens (tertiary/aromatic N) is 3. The first-order valence-electron chi connectivity index (χ1n) is 10.3. The van der Waals surface area contributed by atoms with Gasteiger partial charge in [0, 0.05) is 46.2 Å². The molecule has 1 atom stereocenters. The van der Waals surface area contributed by atoms with E-state index in [1.165, 1.54) is 5.56 Å². The van der Waals surface area contributed by atoms with Crippen LogP contribution in [0.3, 0.4) is 0 Å². The van der Waals surface area contributed by atoms with Gasteiger partial charge in [-0.25, -0.2) is 0 Å². The van der Waals surface area contributed by atoms with Crippen molar-refractivity contribution >= 4 is 11.9 Å². The normalized spacial score (nSPS) is 18.2. The van der Waals surface area contributed by atoms with E-state index < -0.39 is 0 Å². The Hall–Kier alpha value is -2.08. The van der Waals surface area contributed by atoms with Gasteiger partial charge >= 0.3 is 0 Å². The molecule has 1 fully saturated rings. The van der Waals surface area contributed by atoms with E-state index in [0.29, 0.717) is 0 Å². The van der Waals surface area contributed by atoms with Crippen LogP contribution in [-0.2, 0) is 10.2 Å². The van der Waals surface area contributed by atoms with E-state index >= 15 is 0 Å². The largest absolute Gasteiger partial charge is 0.356 e. The van der Waals surface area contributed by atoms with Crippen molar-refractivity contribution in [2.75, 3.05) is 47.3 Å². The Morgan fingerprint density at radius 1 is 1.25 bits per heavy atom. The molecule has 0 aliphatic carbocycles. The number of hydrogen-bond donors (Lipinski definition) is 2. The van der Waals surface area contributed by atoms with Crippen molar-refractivity contribution in [2.24, 2.45) is 4.99 Å². The van der Waals surface area contributed by atoms with Crippen molar-refractivity contribution in [3.8, 4) is 0 Å². The standard InChI is InChI=1S/C22H37N5O/c1-22(2,18-11-7-6-8-12-18)17-25-21(23-3)24-14-10-16-27-15-9-13-19(27)20(28)26(4)5/h6-8,11-12,19H,9-10,13-17H2,1-5H3,(H2,23,24,25). The molecule has 28 heavy (non-hydrogen) atoms. The summed E-state index contributed by atoms with van der Waals surface area (Å²) in [5, 5.41) is 6.84. The van der Waals surface area contributed by atoms with Crippen LogP contribution >= 0.6 is 0 Å². The zero-order valence-electron chi connectivity index (χ0n) is 18.2. The number of likely N-dealkylation sites (tertiary alicyclic amines) is 1. The Kier molecular flexibility index (Phi) is 8.30. The highest BCUT2D eigenvalue weighted by molar-refractivity contribution is 5.81. The minimum absolute atomic E-state index is 0.0220. The number of guanidine groups is 1. The van der Waals surface area contributed by atoms with Gasteiger partial charge in [-0.15, -0.1) is 0 Å². The van der Waals surface area contributed by atoms with E-state index in [0.717, 1.165) is 51.4 Å².